The standard InChI is InChI=1S/C27H31O2S.C8H11F6NO5S2/c1-4-10-24(11-5-1)29-22-28-21-20-23-16-18-27(19-17-23)30(25-12-6-2-7-13-25)26-14-8-3-9-15-26;9-6(10,8(13,14)22(18,19)20)7(11,12)21(16,17)15-4-2-1-3-5-15/h2-3,6-9,12-19,24H,1,4-5,10-11,20-22H2;1-5H2,(H,18,19,20)/q+1;/p-1. The quantitative estimate of drug-likeness (QED) is 0.0538. The lowest BCUT2D eigenvalue weighted by Gasteiger charge is -2.36. The van der Waals surface area contributed by atoms with Crippen molar-refractivity contribution < 1.29 is 57.2 Å². The summed E-state index contributed by atoms with van der Waals surface area (Å²) in [5.41, 5.74) is 1.31. The van der Waals surface area contributed by atoms with E-state index in [1.807, 2.05) is 0 Å². The largest absolute Gasteiger partial charge is 0.743 e. The highest BCUT2D eigenvalue weighted by Gasteiger charge is 2.80. The molecule has 1 saturated carbocycles. The normalized spacial score (nSPS) is 17.1. The van der Waals surface area contributed by atoms with Gasteiger partial charge in [0.25, 0.3) is 10.0 Å². The Morgan fingerprint density at radius 1 is 0.673 bits per heavy atom. The minimum Gasteiger partial charge on any atom is -0.743 e. The summed E-state index contributed by atoms with van der Waals surface area (Å²) in [4.78, 5) is 4.04. The molecule has 1 aliphatic heterocycles. The molecule has 2 aliphatic rings. The lowest BCUT2D eigenvalue weighted by Crippen LogP contribution is -2.63. The maximum absolute atomic E-state index is 13.5. The molecule has 0 unspecified atom stereocenters. The summed E-state index contributed by atoms with van der Waals surface area (Å²) in [5.74, 6) is -6.93. The fourth-order valence-corrected chi connectivity index (χ4v) is 9.80. The van der Waals surface area contributed by atoms with Crippen LogP contribution in [0.5, 0.6) is 0 Å². The van der Waals surface area contributed by atoms with Crippen molar-refractivity contribution in [3.05, 3.63) is 90.5 Å². The Balaban J connectivity index is 0.000000246. The first-order valence-electron chi connectivity index (χ1n) is 16.7. The number of ether oxygens (including phenoxy) is 2. The first-order valence-corrected chi connectivity index (χ1v) is 20.8. The van der Waals surface area contributed by atoms with Gasteiger partial charge in [-0.25, -0.2) is 16.8 Å². The molecule has 0 N–H and O–H groups in total. The molecule has 3 aromatic carbocycles. The average Bonchev–Trinajstić information content (AvgIpc) is 3.13. The molecule has 0 bridgehead atoms. The predicted molar refractivity (Wildman–Crippen MR) is 183 cm³/mol. The van der Waals surface area contributed by atoms with E-state index in [4.69, 9.17) is 9.47 Å². The second-order valence-corrected chi connectivity index (χ2v) is 17.7. The van der Waals surface area contributed by atoms with E-state index < -0.39 is 49.7 Å². The van der Waals surface area contributed by atoms with Crippen LogP contribution in [-0.4, -0.2) is 74.7 Å². The maximum Gasteiger partial charge on any atom is 0.428 e. The maximum atomic E-state index is 13.5. The zero-order valence-corrected chi connectivity index (χ0v) is 30.6. The third-order valence-electron chi connectivity index (χ3n) is 8.62. The van der Waals surface area contributed by atoms with E-state index in [1.54, 1.807) is 0 Å². The molecule has 3 aromatic rings. The number of sulfonamides is 1. The number of halogens is 6. The van der Waals surface area contributed by atoms with Crippen molar-refractivity contribution in [3.8, 4) is 0 Å². The molecule has 0 spiro atoms. The summed E-state index contributed by atoms with van der Waals surface area (Å²) in [6.07, 6.45) is 8.14. The molecule has 288 valence electrons. The Bertz CT molecular complexity index is 1720. The van der Waals surface area contributed by atoms with Gasteiger partial charge in [0.2, 0.25) is 0 Å². The van der Waals surface area contributed by atoms with E-state index in [2.05, 4.69) is 84.9 Å². The van der Waals surface area contributed by atoms with Gasteiger partial charge in [-0.1, -0.05) is 74.2 Å². The van der Waals surface area contributed by atoms with Gasteiger partial charge >= 0.3 is 16.4 Å². The van der Waals surface area contributed by atoms with Crippen LogP contribution in [0.25, 0.3) is 0 Å². The zero-order valence-electron chi connectivity index (χ0n) is 28.2. The van der Waals surface area contributed by atoms with Crippen LogP contribution >= 0.6 is 0 Å². The molecule has 2 fully saturated rings. The van der Waals surface area contributed by atoms with E-state index in [0.29, 0.717) is 25.9 Å². The van der Waals surface area contributed by atoms with Gasteiger partial charge in [0.05, 0.1) is 23.6 Å². The molecular formula is C35H41F6NO7S3. The number of rotatable bonds is 14. The lowest BCUT2D eigenvalue weighted by molar-refractivity contribution is -0.247. The lowest BCUT2D eigenvalue weighted by atomic mass is 9.98. The predicted octanol–water partition coefficient (Wildman–Crippen LogP) is 7.82. The fraction of sp³-hybridized carbons (Fsp3) is 0.486. The van der Waals surface area contributed by atoms with E-state index in [-0.39, 0.29) is 28.0 Å². The molecule has 1 heterocycles. The highest BCUT2D eigenvalue weighted by Crippen LogP contribution is 2.51. The van der Waals surface area contributed by atoms with Crippen molar-refractivity contribution in [2.75, 3.05) is 26.5 Å². The van der Waals surface area contributed by atoms with Crippen LogP contribution in [0.3, 0.4) is 0 Å². The average molecular weight is 798 g/mol. The number of alkyl halides is 6. The van der Waals surface area contributed by atoms with Crippen LogP contribution in [0.4, 0.5) is 26.3 Å². The first kappa shape index (κ1) is 42.1. The van der Waals surface area contributed by atoms with Crippen molar-refractivity contribution >= 4 is 31.0 Å². The summed E-state index contributed by atoms with van der Waals surface area (Å²) in [6.45, 7) is -0.0865. The number of benzene rings is 3. The summed E-state index contributed by atoms with van der Waals surface area (Å²) < 4.78 is 144. The Morgan fingerprint density at radius 3 is 1.65 bits per heavy atom. The highest BCUT2D eigenvalue weighted by atomic mass is 32.2. The van der Waals surface area contributed by atoms with Gasteiger partial charge in [-0.15, -0.1) is 0 Å². The summed E-state index contributed by atoms with van der Waals surface area (Å²) >= 11 is 0. The molecule has 17 heteroatoms. The number of nitrogens with zero attached hydrogens (tertiary/aromatic N) is 1. The molecular weight excluding hydrogens is 757 g/mol. The molecule has 0 radical (unpaired) electrons. The summed E-state index contributed by atoms with van der Waals surface area (Å²) in [7, 11) is -13.6. The minimum absolute atomic E-state index is 0.0388. The molecule has 52 heavy (non-hydrogen) atoms. The van der Waals surface area contributed by atoms with Gasteiger partial charge < -0.3 is 14.0 Å². The molecule has 1 saturated heterocycles. The molecule has 0 amide bonds. The van der Waals surface area contributed by atoms with E-state index >= 15 is 0 Å². The summed E-state index contributed by atoms with van der Waals surface area (Å²) in [6, 6.07) is 30.6. The van der Waals surface area contributed by atoms with Crippen LogP contribution < -0.4 is 0 Å². The molecule has 1 aliphatic carbocycles. The molecule has 0 atom stereocenters. The minimum atomic E-state index is -7.23. The SMILES string of the molecule is O=S(=O)([O-])C(F)(F)C(F)(F)C(F)(F)S(=O)(=O)N1CCCCC1.c1ccc([S+](c2ccccc2)c2ccc(CCOCOC3CCCCC3)cc2)cc1. The van der Waals surface area contributed by atoms with Crippen LogP contribution in [0.15, 0.2) is 99.6 Å². The second kappa shape index (κ2) is 18.1. The number of piperidine rings is 1. The number of hydrogen-bond acceptors (Lipinski definition) is 7. The molecule has 8 nitrogen and oxygen atoms in total. The third kappa shape index (κ3) is 9.89. The second-order valence-electron chi connectivity index (χ2n) is 12.3. The van der Waals surface area contributed by atoms with Crippen LogP contribution in [0.1, 0.15) is 56.9 Å². The van der Waals surface area contributed by atoms with Crippen molar-refractivity contribution in [2.24, 2.45) is 0 Å². The van der Waals surface area contributed by atoms with Crippen molar-refractivity contribution in [1.29, 1.82) is 0 Å². The Kier molecular flexibility index (Phi) is 14.6. The fourth-order valence-electron chi connectivity index (χ4n) is 5.69. The van der Waals surface area contributed by atoms with Crippen molar-refractivity contribution in [3.63, 3.8) is 0 Å². The van der Waals surface area contributed by atoms with E-state index in [9.17, 15) is 47.7 Å². The topological polar surface area (TPSA) is 113 Å². The third-order valence-corrected chi connectivity index (χ3v) is 13.7. The highest BCUT2D eigenvalue weighted by molar-refractivity contribution is 7.97. The smallest absolute Gasteiger partial charge is 0.428 e. The van der Waals surface area contributed by atoms with Crippen LogP contribution in [0.2, 0.25) is 0 Å². The van der Waals surface area contributed by atoms with Gasteiger partial charge in [-0.05, 0) is 74.1 Å². The number of hydrogen-bond donors (Lipinski definition) is 0. The van der Waals surface area contributed by atoms with Crippen molar-refractivity contribution in [1.82, 2.24) is 4.31 Å². The first-order chi connectivity index (χ1) is 24.5. The molecule has 5 rings (SSSR count). The van der Waals surface area contributed by atoms with E-state index in [1.165, 1.54) is 52.4 Å². The van der Waals surface area contributed by atoms with Gasteiger partial charge in [0.15, 0.2) is 24.8 Å². The Morgan fingerprint density at radius 2 is 1.15 bits per heavy atom. The van der Waals surface area contributed by atoms with Gasteiger partial charge in [-0.3, -0.25) is 0 Å². The molecule has 0 aromatic heterocycles. The van der Waals surface area contributed by atoms with Crippen LogP contribution in [-0.2, 0) is 46.9 Å². The Hall–Kier alpha value is -2.67. The van der Waals surface area contributed by atoms with Gasteiger partial charge in [0, 0.05) is 13.1 Å². The van der Waals surface area contributed by atoms with E-state index in [0.717, 1.165) is 6.42 Å². The van der Waals surface area contributed by atoms with Gasteiger partial charge in [0.1, 0.15) is 6.79 Å². The summed E-state index contributed by atoms with van der Waals surface area (Å²) in [5, 5.41) is -13.3. The Labute approximate surface area is 303 Å². The van der Waals surface area contributed by atoms with Crippen LogP contribution in [0, 0.1) is 0 Å². The van der Waals surface area contributed by atoms with Crippen molar-refractivity contribution in [2.45, 2.75) is 95.0 Å². The zero-order chi connectivity index (χ0) is 38.0. The van der Waals surface area contributed by atoms with Gasteiger partial charge in [-0.2, -0.15) is 30.6 Å². The monoisotopic (exact) mass is 797 g/mol.